The van der Waals surface area contributed by atoms with E-state index in [1.165, 1.54) is 6.26 Å². The quantitative estimate of drug-likeness (QED) is 0.371. The highest BCUT2D eigenvalue weighted by atomic mass is 127. The standard InChI is InChI=1S/C18H23N3O3S.HI/c1-19-18(21-13-15-6-4-5-7-17(15)24-2)20-12-14-8-10-16(11-9-14)25(3,22)23;/h4-11H,12-13H2,1-3H3,(H2,19,20,21);1H. The molecule has 2 N–H and O–H groups in total. The Morgan fingerprint density at radius 1 is 1.04 bits per heavy atom. The van der Waals surface area contributed by atoms with Gasteiger partial charge in [-0.15, -0.1) is 24.0 Å². The van der Waals surface area contributed by atoms with Gasteiger partial charge in [0.15, 0.2) is 15.8 Å². The zero-order valence-electron chi connectivity index (χ0n) is 15.0. The van der Waals surface area contributed by atoms with Gasteiger partial charge in [0.2, 0.25) is 0 Å². The molecule has 0 unspecified atom stereocenters. The lowest BCUT2D eigenvalue weighted by atomic mass is 10.2. The number of sulfone groups is 1. The maximum absolute atomic E-state index is 11.5. The fourth-order valence-electron chi connectivity index (χ4n) is 2.29. The van der Waals surface area contributed by atoms with Gasteiger partial charge in [-0.1, -0.05) is 30.3 Å². The van der Waals surface area contributed by atoms with E-state index < -0.39 is 9.84 Å². The summed E-state index contributed by atoms with van der Waals surface area (Å²) in [5, 5.41) is 6.43. The molecule has 0 aliphatic carbocycles. The topological polar surface area (TPSA) is 79.8 Å². The summed E-state index contributed by atoms with van der Waals surface area (Å²) in [6.45, 7) is 1.12. The molecule has 0 saturated carbocycles. The summed E-state index contributed by atoms with van der Waals surface area (Å²) in [5.74, 6) is 1.47. The van der Waals surface area contributed by atoms with Crippen LogP contribution in [0.2, 0.25) is 0 Å². The van der Waals surface area contributed by atoms with Crippen molar-refractivity contribution >= 4 is 39.8 Å². The normalized spacial score (nSPS) is 11.4. The number of aliphatic imine (C=N–C) groups is 1. The number of nitrogens with one attached hydrogen (secondary N) is 2. The Morgan fingerprint density at radius 3 is 2.23 bits per heavy atom. The number of ether oxygens (including phenoxy) is 1. The number of hydrogen-bond donors (Lipinski definition) is 2. The van der Waals surface area contributed by atoms with E-state index in [0.29, 0.717) is 23.9 Å². The van der Waals surface area contributed by atoms with Crippen LogP contribution in [0.4, 0.5) is 0 Å². The van der Waals surface area contributed by atoms with Gasteiger partial charge < -0.3 is 15.4 Å². The van der Waals surface area contributed by atoms with Gasteiger partial charge in [0.1, 0.15) is 5.75 Å². The molecule has 0 aromatic heterocycles. The van der Waals surface area contributed by atoms with Crippen molar-refractivity contribution in [3.8, 4) is 5.75 Å². The van der Waals surface area contributed by atoms with Gasteiger partial charge in [0, 0.05) is 32.0 Å². The summed E-state index contributed by atoms with van der Waals surface area (Å²) >= 11 is 0. The number of benzene rings is 2. The maximum Gasteiger partial charge on any atom is 0.191 e. The van der Waals surface area contributed by atoms with E-state index >= 15 is 0 Å². The monoisotopic (exact) mass is 489 g/mol. The second kappa shape index (κ2) is 10.4. The molecule has 0 aliphatic heterocycles. The first-order valence-electron chi connectivity index (χ1n) is 7.79. The first-order valence-corrected chi connectivity index (χ1v) is 9.68. The molecule has 0 aliphatic rings. The van der Waals surface area contributed by atoms with Crippen LogP contribution in [-0.2, 0) is 22.9 Å². The molecule has 0 bridgehead atoms. The van der Waals surface area contributed by atoms with Gasteiger partial charge in [-0.25, -0.2) is 8.42 Å². The van der Waals surface area contributed by atoms with E-state index in [4.69, 9.17) is 4.74 Å². The van der Waals surface area contributed by atoms with Crippen LogP contribution in [0, 0.1) is 0 Å². The predicted molar refractivity (Wildman–Crippen MR) is 115 cm³/mol. The second-order valence-electron chi connectivity index (χ2n) is 5.51. The molecular weight excluding hydrogens is 465 g/mol. The Kier molecular flexibility index (Phi) is 8.86. The average Bonchev–Trinajstić information content (AvgIpc) is 2.61. The highest BCUT2D eigenvalue weighted by molar-refractivity contribution is 14.0. The van der Waals surface area contributed by atoms with E-state index in [0.717, 1.165) is 16.9 Å². The molecule has 2 aromatic carbocycles. The molecule has 0 heterocycles. The van der Waals surface area contributed by atoms with Crippen molar-refractivity contribution in [2.24, 2.45) is 4.99 Å². The lowest BCUT2D eigenvalue weighted by molar-refractivity contribution is 0.409. The highest BCUT2D eigenvalue weighted by Crippen LogP contribution is 2.16. The zero-order chi connectivity index (χ0) is 18.3. The Balaban J connectivity index is 0.00000338. The van der Waals surface area contributed by atoms with Crippen molar-refractivity contribution < 1.29 is 13.2 Å². The average molecular weight is 489 g/mol. The molecule has 2 aromatic rings. The summed E-state index contributed by atoms with van der Waals surface area (Å²) in [6.07, 6.45) is 1.20. The van der Waals surface area contributed by atoms with Crippen molar-refractivity contribution in [1.29, 1.82) is 0 Å². The molecule has 0 spiro atoms. The first-order chi connectivity index (χ1) is 11.9. The molecule has 8 heteroatoms. The molecule has 6 nitrogen and oxygen atoms in total. The van der Waals surface area contributed by atoms with Crippen molar-refractivity contribution in [3.05, 3.63) is 59.7 Å². The fourth-order valence-corrected chi connectivity index (χ4v) is 2.92. The maximum atomic E-state index is 11.5. The number of halogens is 1. The summed E-state index contributed by atoms with van der Waals surface area (Å²) < 4.78 is 28.3. The summed E-state index contributed by atoms with van der Waals surface area (Å²) in [6, 6.07) is 14.6. The number of hydrogen-bond acceptors (Lipinski definition) is 4. The first kappa shape index (κ1) is 22.2. The van der Waals surface area contributed by atoms with Crippen LogP contribution in [0.25, 0.3) is 0 Å². The summed E-state index contributed by atoms with van der Waals surface area (Å²) in [7, 11) is 0.174. The van der Waals surface area contributed by atoms with E-state index in [9.17, 15) is 8.42 Å². The van der Waals surface area contributed by atoms with Gasteiger partial charge in [-0.2, -0.15) is 0 Å². The van der Waals surface area contributed by atoms with Crippen molar-refractivity contribution in [2.45, 2.75) is 18.0 Å². The Bertz CT molecular complexity index is 837. The Morgan fingerprint density at radius 2 is 1.65 bits per heavy atom. The minimum atomic E-state index is -3.17. The largest absolute Gasteiger partial charge is 0.496 e. The van der Waals surface area contributed by atoms with Gasteiger partial charge in [0.25, 0.3) is 0 Å². The van der Waals surface area contributed by atoms with Crippen LogP contribution in [-0.4, -0.2) is 34.8 Å². The zero-order valence-corrected chi connectivity index (χ0v) is 18.2. The van der Waals surface area contributed by atoms with Gasteiger partial charge >= 0.3 is 0 Å². The van der Waals surface area contributed by atoms with E-state index in [2.05, 4.69) is 15.6 Å². The Hall–Kier alpha value is -1.81. The molecule has 0 saturated heterocycles. The number of rotatable bonds is 6. The third-order valence-corrected chi connectivity index (χ3v) is 4.80. The van der Waals surface area contributed by atoms with Crippen LogP contribution in [0.5, 0.6) is 5.75 Å². The minimum absolute atomic E-state index is 0. The summed E-state index contributed by atoms with van der Waals surface area (Å²) in [4.78, 5) is 4.50. The molecule has 142 valence electrons. The molecule has 0 radical (unpaired) electrons. The molecule has 0 amide bonds. The lowest BCUT2D eigenvalue weighted by Gasteiger charge is -2.14. The highest BCUT2D eigenvalue weighted by Gasteiger charge is 2.07. The van der Waals surface area contributed by atoms with Crippen LogP contribution in [0.15, 0.2) is 58.4 Å². The number of guanidine groups is 1. The smallest absolute Gasteiger partial charge is 0.191 e. The second-order valence-corrected chi connectivity index (χ2v) is 7.52. The third kappa shape index (κ3) is 6.49. The van der Waals surface area contributed by atoms with E-state index in [1.54, 1.807) is 38.4 Å². The van der Waals surface area contributed by atoms with Crippen molar-refractivity contribution in [3.63, 3.8) is 0 Å². The number of para-hydroxylation sites is 1. The lowest BCUT2D eigenvalue weighted by Crippen LogP contribution is -2.36. The van der Waals surface area contributed by atoms with Gasteiger partial charge in [0.05, 0.1) is 12.0 Å². The molecule has 2 rings (SSSR count). The van der Waals surface area contributed by atoms with Crippen LogP contribution in [0.3, 0.4) is 0 Å². The Labute approximate surface area is 172 Å². The van der Waals surface area contributed by atoms with Crippen molar-refractivity contribution in [2.75, 3.05) is 20.4 Å². The van der Waals surface area contributed by atoms with Gasteiger partial charge in [-0.05, 0) is 23.8 Å². The molecular formula is C18H24IN3O3S. The number of nitrogens with zero attached hydrogens (tertiary/aromatic N) is 1. The van der Waals surface area contributed by atoms with Crippen LogP contribution in [0.1, 0.15) is 11.1 Å². The molecule has 0 fully saturated rings. The SMILES string of the molecule is CN=C(NCc1ccc(S(C)(=O)=O)cc1)NCc1ccccc1OC.I. The minimum Gasteiger partial charge on any atom is -0.496 e. The molecule has 0 atom stereocenters. The van der Waals surface area contributed by atoms with E-state index in [-0.39, 0.29) is 24.0 Å². The van der Waals surface area contributed by atoms with Crippen molar-refractivity contribution in [1.82, 2.24) is 10.6 Å². The van der Waals surface area contributed by atoms with E-state index in [1.807, 2.05) is 24.3 Å². The van der Waals surface area contributed by atoms with Gasteiger partial charge in [-0.3, -0.25) is 4.99 Å². The third-order valence-electron chi connectivity index (χ3n) is 3.67. The molecule has 26 heavy (non-hydrogen) atoms. The summed E-state index contributed by atoms with van der Waals surface area (Å²) in [5.41, 5.74) is 2.00. The number of methoxy groups -OCH3 is 1. The fraction of sp³-hybridized carbons (Fsp3) is 0.278. The van der Waals surface area contributed by atoms with Crippen LogP contribution < -0.4 is 15.4 Å². The predicted octanol–water partition coefficient (Wildman–Crippen LogP) is 2.58. The van der Waals surface area contributed by atoms with Crippen LogP contribution >= 0.6 is 24.0 Å².